The number of piperidine rings is 1. The Hall–Kier alpha value is -2.12. The highest BCUT2D eigenvalue weighted by Gasteiger charge is 2.33. The van der Waals surface area contributed by atoms with E-state index in [4.69, 9.17) is 4.74 Å². The van der Waals surface area contributed by atoms with E-state index in [2.05, 4.69) is 18.7 Å². The number of carbonyl (C=O) groups excluding carboxylic acids is 1. The van der Waals surface area contributed by atoms with E-state index in [9.17, 15) is 13.2 Å². The van der Waals surface area contributed by atoms with E-state index in [-0.39, 0.29) is 18.6 Å². The van der Waals surface area contributed by atoms with Crippen molar-refractivity contribution >= 4 is 26.5 Å². The van der Waals surface area contributed by atoms with Crippen LogP contribution in [0.5, 0.6) is 5.75 Å². The maximum absolute atomic E-state index is 12.9. The number of ether oxygens (including phenoxy) is 1. The number of fused-ring (bicyclic) bond motifs is 1. The molecule has 31 heavy (non-hydrogen) atoms. The van der Waals surface area contributed by atoms with Crippen molar-refractivity contribution in [2.24, 2.45) is 0 Å². The van der Waals surface area contributed by atoms with Gasteiger partial charge in [0.1, 0.15) is 11.9 Å². The van der Waals surface area contributed by atoms with Crippen LogP contribution in [0.1, 0.15) is 43.5 Å². The third-order valence-electron chi connectivity index (χ3n) is 6.61. The van der Waals surface area contributed by atoms with Crippen LogP contribution in [-0.4, -0.2) is 74.0 Å². The minimum absolute atomic E-state index is 0.106. The SMILES string of the molecule is CC(C)N1CCC(Oc2ccc3cc(C(=O)N4CCC(S(C)(=O)=O)C4)ccc3c2)CC1. The highest BCUT2D eigenvalue weighted by molar-refractivity contribution is 7.91. The zero-order chi connectivity index (χ0) is 22.2. The molecule has 0 aromatic heterocycles. The predicted octanol–water partition coefficient (Wildman–Crippen LogP) is 3.35. The second kappa shape index (κ2) is 8.79. The molecule has 2 aromatic carbocycles. The van der Waals surface area contributed by atoms with Crippen LogP contribution in [0.2, 0.25) is 0 Å². The number of hydrogen-bond acceptors (Lipinski definition) is 5. The lowest BCUT2D eigenvalue weighted by atomic mass is 10.0. The average molecular weight is 445 g/mol. The molecule has 0 radical (unpaired) electrons. The van der Waals surface area contributed by atoms with Gasteiger partial charge in [-0.05, 0) is 68.1 Å². The molecule has 0 aliphatic carbocycles. The van der Waals surface area contributed by atoms with Gasteiger partial charge in [0.05, 0.1) is 5.25 Å². The molecule has 1 unspecified atom stereocenters. The summed E-state index contributed by atoms with van der Waals surface area (Å²) in [6, 6.07) is 12.2. The molecule has 4 rings (SSSR count). The van der Waals surface area contributed by atoms with E-state index in [0.29, 0.717) is 24.6 Å². The molecule has 0 saturated carbocycles. The number of rotatable bonds is 5. The fourth-order valence-corrected chi connectivity index (χ4v) is 5.56. The standard InChI is InChI=1S/C24H32N2O4S/c1-17(2)25-11-8-21(9-12-25)30-22-7-6-18-14-20(5-4-19(18)15-22)24(27)26-13-10-23(16-26)31(3,28)29/h4-7,14-15,17,21,23H,8-13,16H2,1-3H3. The van der Waals surface area contributed by atoms with Crippen LogP contribution in [0.15, 0.2) is 36.4 Å². The van der Waals surface area contributed by atoms with Crippen molar-refractivity contribution in [3.63, 3.8) is 0 Å². The quantitative estimate of drug-likeness (QED) is 0.708. The first kappa shape index (κ1) is 22.1. The number of amides is 1. The second-order valence-corrected chi connectivity index (χ2v) is 11.5. The van der Waals surface area contributed by atoms with Gasteiger partial charge in [0.2, 0.25) is 0 Å². The Morgan fingerprint density at radius 1 is 1.00 bits per heavy atom. The Labute approximate surface area is 185 Å². The van der Waals surface area contributed by atoms with E-state index in [1.807, 2.05) is 36.4 Å². The summed E-state index contributed by atoms with van der Waals surface area (Å²) < 4.78 is 29.8. The van der Waals surface area contributed by atoms with Crippen LogP contribution in [0, 0.1) is 0 Å². The van der Waals surface area contributed by atoms with E-state index in [1.54, 1.807) is 4.90 Å². The Balaban J connectivity index is 1.42. The van der Waals surface area contributed by atoms with Gasteiger partial charge in [-0.15, -0.1) is 0 Å². The van der Waals surface area contributed by atoms with Crippen LogP contribution in [0.4, 0.5) is 0 Å². The third kappa shape index (κ3) is 5.04. The van der Waals surface area contributed by atoms with E-state index in [1.165, 1.54) is 6.26 Å². The summed E-state index contributed by atoms with van der Waals surface area (Å²) in [5.41, 5.74) is 0.594. The molecule has 2 aliphatic heterocycles. The van der Waals surface area contributed by atoms with E-state index in [0.717, 1.165) is 42.5 Å². The van der Waals surface area contributed by atoms with Crippen molar-refractivity contribution in [2.75, 3.05) is 32.4 Å². The molecule has 0 N–H and O–H groups in total. The predicted molar refractivity (Wildman–Crippen MR) is 123 cm³/mol. The first-order valence-corrected chi connectivity index (χ1v) is 13.1. The highest BCUT2D eigenvalue weighted by Crippen LogP contribution is 2.26. The lowest BCUT2D eigenvalue weighted by Crippen LogP contribution is -2.41. The number of nitrogens with zero attached hydrogens (tertiary/aromatic N) is 2. The second-order valence-electron chi connectivity index (χ2n) is 9.16. The summed E-state index contributed by atoms with van der Waals surface area (Å²) in [6.07, 6.45) is 4.07. The largest absolute Gasteiger partial charge is 0.490 e. The van der Waals surface area contributed by atoms with E-state index < -0.39 is 15.1 Å². The maximum atomic E-state index is 12.9. The van der Waals surface area contributed by atoms with Crippen LogP contribution < -0.4 is 4.74 Å². The van der Waals surface area contributed by atoms with Crippen molar-refractivity contribution in [3.05, 3.63) is 42.0 Å². The maximum Gasteiger partial charge on any atom is 0.253 e. The molecule has 6 nitrogen and oxygen atoms in total. The molecule has 2 fully saturated rings. The Morgan fingerprint density at radius 3 is 2.32 bits per heavy atom. The van der Waals surface area contributed by atoms with Crippen molar-refractivity contribution in [1.29, 1.82) is 0 Å². The summed E-state index contributed by atoms with van der Waals surface area (Å²) in [5, 5.41) is 1.56. The molecule has 2 saturated heterocycles. The van der Waals surface area contributed by atoms with Gasteiger partial charge in [-0.2, -0.15) is 0 Å². The topological polar surface area (TPSA) is 66.9 Å². The molecule has 2 aromatic rings. The summed E-state index contributed by atoms with van der Waals surface area (Å²) in [7, 11) is -3.12. The van der Waals surface area contributed by atoms with Crippen molar-refractivity contribution in [2.45, 2.75) is 50.5 Å². The van der Waals surface area contributed by atoms with Crippen LogP contribution in [-0.2, 0) is 9.84 Å². The smallest absolute Gasteiger partial charge is 0.253 e. The van der Waals surface area contributed by atoms with Gasteiger partial charge in [-0.3, -0.25) is 4.79 Å². The number of benzene rings is 2. The third-order valence-corrected chi connectivity index (χ3v) is 8.20. The van der Waals surface area contributed by atoms with Crippen LogP contribution in [0.25, 0.3) is 10.8 Å². The zero-order valence-corrected chi connectivity index (χ0v) is 19.4. The van der Waals surface area contributed by atoms with Crippen LogP contribution in [0.3, 0.4) is 0 Å². The Bertz CT molecular complexity index is 1060. The normalized spacial score (nSPS) is 21.2. The van der Waals surface area contributed by atoms with Crippen molar-refractivity contribution < 1.29 is 17.9 Å². The monoisotopic (exact) mass is 444 g/mol. The molecular formula is C24H32N2O4S. The molecule has 1 atom stereocenters. The molecule has 2 heterocycles. The molecule has 0 spiro atoms. The van der Waals surface area contributed by atoms with Gasteiger partial charge in [0.25, 0.3) is 5.91 Å². The first-order valence-electron chi connectivity index (χ1n) is 11.1. The summed E-state index contributed by atoms with van der Waals surface area (Å²) in [5.74, 6) is 0.760. The Morgan fingerprint density at radius 2 is 1.68 bits per heavy atom. The van der Waals surface area contributed by atoms with Gasteiger partial charge in [0.15, 0.2) is 9.84 Å². The van der Waals surface area contributed by atoms with Gasteiger partial charge in [0, 0.05) is 44.0 Å². The summed E-state index contributed by atoms with van der Waals surface area (Å²) in [6.45, 7) is 7.36. The van der Waals surface area contributed by atoms with Gasteiger partial charge >= 0.3 is 0 Å². The Kier molecular flexibility index (Phi) is 6.26. The van der Waals surface area contributed by atoms with Crippen molar-refractivity contribution in [3.8, 4) is 5.75 Å². The molecule has 168 valence electrons. The average Bonchev–Trinajstić information content (AvgIpc) is 3.24. The molecular weight excluding hydrogens is 412 g/mol. The lowest BCUT2D eigenvalue weighted by molar-refractivity contribution is 0.0793. The minimum atomic E-state index is -3.12. The van der Waals surface area contributed by atoms with E-state index >= 15 is 0 Å². The summed E-state index contributed by atoms with van der Waals surface area (Å²) >= 11 is 0. The fourth-order valence-electron chi connectivity index (χ4n) is 4.58. The molecule has 7 heteroatoms. The minimum Gasteiger partial charge on any atom is -0.490 e. The van der Waals surface area contributed by atoms with Gasteiger partial charge in [-0.1, -0.05) is 12.1 Å². The fraction of sp³-hybridized carbons (Fsp3) is 0.542. The lowest BCUT2D eigenvalue weighted by Gasteiger charge is -2.34. The molecule has 2 aliphatic rings. The first-order chi connectivity index (χ1) is 14.7. The van der Waals surface area contributed by atoms with Crippen molar-refractivity contribution in [1.82, 2.24) is 9.80 Å². The zero-order valence-electron chi connectivity index (χ0n) is 18.6. The number of sulfone groups is 1. The highest BCUT2D eigenvalue weighted by atomic mass is 32.2. The molecule has 1 amide bonds. The van der Waals surface area contributed by atoms with Gasteiger partial charge in [-0.25, -0.2) is 8.42 Å². The van der Waals surface area contributed by atoms with Gasteiger partial charge < -0.3 is 14.5 Å². The summed E-state index contributed by atoms with van der Waals surface area (Å²) in [4.78, 5) is 17.0. The van der Waals surface area contributed by atoms with Crippen LogP contribution >= 0.6 is 0 Å². The number of carbonyl (C=O) groups is 1. The number of likely N-dealkylation sites (tertiary alicyclic amines) is 2. The molecule has 0 bridgehead atoms. The number of hydrogen-bond donors (Lipinski definition) is 0.